The number of hydrogen-bond donors (Lipinski definition) is 2. The first-order chi connectivity index (χ1) is 13.2. The minimum Gasteiger partial charge on any atom is -0.487 e. The fourth-order valence-corrected chi connectivity index (χ4v) is 3.21. The molecule has 0 aliphatic carbocycles. The van der Waals surface area contributed by atoms with Gasteiger partial charge in [0.25, 0.3) is 0 Å². The molecule has 7 heteroatoms. The molecule has 2 aromatic rings. The third-order valence-electron chi connectivity index (χ3n) is 4.38. The average Bonchev–Trinajstić information content (AvgIpc) is 2.58. The number of benzene rings is 1. The summed E-state index contributed by atoms with van der Waals surface area (Å²) < 4.78 is 5.83. The van der Waals surface area contributed by atoms with E-state index in [1.54, 1.807) is 18.2 Å². The summed E-state index contributed by atoms with van der Waals surface area (Å²) in [6, 6.07) is 7.09. The van der Waals surface area contributed by atoms with E-state index < -0.39 is 5.60 Å². The first-order valence-corrected chi connectivity index (χ1v) is 9.44. The number of hydrogen-bond acceptors (Lipinski definition) is 6. The molecule has 2 N–H and O–H groups in total. The summed E-state index contributed by atoms with van der Waals surface area (Å²) >= 11 is 0. The number of anilines is 2. The predicted octanol–water partition coefficient (Wildman–Crippen LogP) is 3.67. The zero-order chi connectivity index (χ0) is 20.3. The molecule has 1 aliphatic heterocycles. The Bertz CT molecular complexity index is 888. The van der Waals surface area contributed by atoms with E-state index in [1.807, 2.05) is 33.8 Å². The number of aryl methyl sites for hydroxylation is 2. The summed E-state index contributed by atoms with van der Waals surface area (Å²) in [6.07, 6.45) is 1.32. The van der Waals surface area contributed by atoms with Crippen molar-refractivity contribution in [1.82, 2.24) is 9.97 Å². The molecule has 3 rings (SSSR count). The van der Waals surface area contributed by atoms with Crippen LogP contribution in [0.4, 0.5) is 11.6 Å². The van der Waals surface area contributed by atoms with Crippen LogP contribution in [0, 0.1) is 13.8 Å². The normalized spacial score (nSPS) is 14.8. The lowest BCUT2D eigenvalue weighted by Gasteiger charge is -2.31. The van der Waals surface area contributed by atoms with Crippen molar-refractivity contribution in [1.29, 1.82) is 0 Å². The van der Waals surface area contributed by atoms with Gasteiger partial charge in [0.15, 0.2) is 5.78 Å². The van der Waals surface area contributed by atoms with Gasteiger partial charge in [0.2, 0.25) is 11.9 Å². The van der Waals surface area contributed by atoms with Gasteiger partial charge in [-0.25, -0.2) is 9.97 Å². The minimum absolute atomic E-state index is 0.0278. The minimum atomic E-state index is -0.499. The Labute approximate surface area is 164 Å². The Morgan fingerprint density at radius 2 is 1.89 bits per heavy atom. The van der Waals surface area contributed by atoms with Crippen LogP contribution in [-0.4, -0.2) is 33.8 Å². The maximum absolute atomic E-state index is 12.3. The summed E-state index contributed by atoms with van der Waals surface area (Å²) in [5, 5.41) is 5.98. The van der Waals surface area contributed by atoms with Crippen molar-refractivity contribution in [2.24, 2.45) is 0 Å². The van der Waals surface area contributed by atoms with E-state index in [4.69, 9.17) is 4.74 Å². The monoisotopic (exact) mass is 382 g/mol. The number of rotatable bonds is 6. The lowest BCUT2D eigenvalue weighted by atomic mass is 9.93. The van der Waals surface area contributed by atoms with Crippen LogP contribution < -0.4 is 15.4 Å². The SMILES string of the molecule is Cc1cc(C)nc(NCCCC(=O)Nc2ccc3c(c2)C(=O)CC(C)(C)O3)n1. The van der Waals surface area contributed by atoms with Gasteiger partial charge >= 0.3 is 0 Å². The van der Waals surface area contributed by atoms with Crippen molar-refractivity contribution in [2.45, 2.75) is 52.6 Å². The van der Waals surface area contributed by atoms with Gasteiger partial charge in [-0.3, -0.25) is 9.59 Å². The van der Waals surface area contributed by atoms with E-state index in [2.05, 4.69) is 20.6 Å². The van der Waals surface area contributed by atoms with Crippen molar-refractivity contribution in [3.63, 3.8) is 0 Å². The van der Waals surface area contributed by atoms with Crippen LogP contribution in [0.1, 0.15) is 54.9 Å². The Morgan fingerprint density at radius 3 is 2.61 bits per heavy atom. The number of carbonyl (C=O) groups is 2. The Morgan fingerprint density at radius 1 is 1.18 bits per heavy atom. The van der Waals surface area contributed by atoms with Gasteiger partial charge in [-0.15, -0.1) is 0 Å². The molecule has 0 spiro atoms. The number of nitrogens with zero attached hydrogens (tertiary/aromatic N) is 2. The van der Waals surface area contributed by atoms with Gasteiger partial charge in [0.1, 0.15) is 11.4 Å². The van der Waals surface area contributed by atoms with Gasteiger partial charge in [0.05, 0.1) is 12.0 Å². The molecule has 1 aromatic carbocycles. The molecule has 148 valence electrons. The zero-order valence-corrected chi connectivity index (χ0v) is 16.8. The largest absolute Gasteiger partial charge is 0.487 e. The molecule has 0 saturated carbocycles. The number of nitrogens with one attached hydrogen (secondary N) is 2. The predicted molar refractivity (Wildman–Crippen MR) is 108 cm³/mol. The molecule has 0 saturated heterocycles. The second-order valence-electron chi connectivity index (χ2n) is 7.73. The highest BCUT2D eigenvalue weighted by molar-refractivity contribution is 6.02. The van der Waals surface area contributed by atoms with Gasteiger partial charge < -0.3 is 15.4 Å². The molecule has 0 bridgehead atoms. The van der Waals surface area contributed by atoms with E-state index >= 15 is 0 Å². The van der Waals surface area contributed by atoms with E-state index in [0.29, 0.717) is 48.8 Å². The van der Waals surface area contributed by atoms with Crippen LogP contribution in [0.5, 0.6) is 5.75 Å². The van der Waals surface area contributed by atoms with E-state index in [1.165, 1.54) is 0 Å². The quantitative estimate of drug-likeness (QED) is 0.741. The van der Waals surface area contributed by atoms with Crippen molar-refractivity contribution in [3.05, 3.63) is 41.2 Å². The smallest absolute Gasteiger partial charge is 0.224 e. The van der Waals surface area contributed by atoms with Crippen LogP contribution in [0.25, 0.3) is 0 Å². The summed E-state index contributed by atoms with van der Waals surface area (Å²) in [5.74, 6) is 1.07. The second kappa shape index (κ2) is 7.96. The Hall–Kier alpha value is -2.96. The summed E-state index contributed by atoms with van der Waals surface area (Å²) in [4.78, 5) is 33.1. The summed E-state index contributed by atoms with van der Waals surface area (Å²) in [5.41, 5.74) is 2.43. The highest BCUT2D eigenvalue weighted by Gasteiger charge is 2.32. The molecule has 2 heterocycles. The first kappa shape index (κ1) is 19.8. The molecule has 0 unspecified atom stereocenters. The number of ketones is 1. The fraction of sp³-hybridized carbons (Fsp3) is 0.429. The third kappa shape index (κ3) is 5.06. The molecule has 1 amide bonds. The number of carbonyl (C=O) groups excluding carboxylic acids is 2. The van der Waals surface area contributed by atoms with Crippen LogP contribution in [-0.2, 0) is 4.79 Å². The highest BCUT2D eigenvalue weighted by atomic mass is 16.5. The number of Topliss-reactive ketones (excluding diaryl/α,β-unsaturated/α-hetero) is 1. The number of fused-ring (bicyclic) bond motifs is 1. The van der Waals surface area contributed by atoms with Crippen LogP contribution in [0.15, 0.2) is 24.3 Å². The first-order valence-electron chi connectivity index (χ1n) is 9.44. The number of aromatic nitrogens is 2. The highest BCUT2D eigenvalue weighted by Crippen LogP contribution is 2.34. The second-order valence-corrected chi connectivity index (χ2v) is 7.73. The molecule has 1 aromatic heterocycles. The molecule has 0 fully saturated rings. The van der Waals surface area contributed by atoms with E-state index in [-0.39, 0.29) is 11.7 Å². The number of amides is 1. The molecule has 0 radical (unpaired) electrons. The molecule has 1 aliphatic rings. The summed E-state index contributed by atoms with van der Waals surface area (Å²) in [6.45, 7) is 8.22. The van der Waals surface area contributed by atoms with Gasteiger partial charge in [-0.05, 0) is 58.4 Å². The molecule has 28 heavy (non-hydrogen) atoms. The average molecular weight is 382 g/mol. The van der Waals surface area contributed by atoms with Crippen LogP contribution in [0.3, 0.4) is 0 Å². The van der Waals surface area contributed by atoms with Crippen molar-refractivity contribution in [2.75, 3.05) is 17.2 Å². The van der Waals surface area contributed by atoms with Crippen LogP contribution in [0.2, 0.25) is 0 Å². The third-order valence-corrected chi connectivity index (χ3v) is 4.38. The zero-order valence-electron chi connectivity index (χ0n) is 16.8. The van der Waals surface area contributed by atoms with Gasteiger partial charge in [0, 0.05) is 30.0 Å². The standard InChI is InChI=1S/C21H26N4O3/c1-13-10-14(2)24-20(23-13)22-9-5-6-19(27)25-15-7-8-18-16(11-15)17(26)12-21(3,4)28-18/h7-8,10-11H,5-6,9,12H2,1-4H3,(H,25,27)(H,22,23,24). The van der Waals surface area contributed by atoms with Gasteiger partial charge in [-0.2, -0.15) is 0 Å². The Kier molecular flexibility index (Phi) is 5.63. The maximum atomic E-state index is 12.3. The fourth-order valence-electron chi connectivity index (χ4n) is 3.21. The Balaban J connectivity index is 1.50. The van der Waals surface area contributed by atoms with Crippen molar-refractivity contribution < 1.29 is 14.3 Å². The lowest BCUT2D eigenvalue weighted by Crippen LogP contribution is -2.35. The molecular weight excluding hydrogens is 356 g/mol. The van der Waals surface area contributed by atoms with E-state index in [9.17, 15) is 9.59 Å². The summed E-state index contributed by atoms with van der Waals surface area (Å²) in [7, 11) is 0. The maximum Gasteiger partial charge on any atom is 0.224 e. The van der Waals surface area contributed by atoms with Crippen LogP contribution >= 0.6 is 0 Å². The molecule has 7 nitrogen and oxygen atoms in total. The lowest BCUT2D eigenvalue weighted by molar-refractivity contribution is -0.116. The molecular formula is C21H26N4O3. The number of ether oxygens (including phenoxy) is 1. The van der Waals surface area contributed by atoms with E-state index in [0.717, 1.165) is 11.4 Å². The van der Waals surface area contributed by atoms with Crippen molar-refractivity contribution >= 4 is 23.3 Å². The molecule has 0 atom stereocenters. The van der Waals surface area contributed by atoms with Gasteiger partial charge in [-0.1, -0.05) is 0 Å². The van der Waals surface area contributed by atoms with Crippen molar-refractivity contribution in [3.8, 4) is 5.75 Å². The topological polar surface area (TPSA) is 93.2 Å².